The van der Waals surface area contributed by atoms with Gasteiger partial charge in [0, 0.05) is 6.54 Å². The van der Waals surface area contributed by atoms with Gasteiger partial charge in [-0.15, -0.1) is 0 Å². The predicted octanol–water partition coefficient (Wildman–Crippen LogP) is 5.39. The van der Waals surface area contributed by atoms with E-state index in [0.29, 0.717) is 36.8 Å². The molecule has 2 aliphatic carbocycles. The molecule has 3 atom stereocenters. The zero-order valence-corrected chi connectivity index (χ0v) is 25.4. The average molecular weight is 570 g/mol. The molecule has 41 heavy (non-hydrogen) atoms. The van der Waals surface area contributed by atoms with Gasteiger partial charge in [-0.05, 0) is 80.9 Å². The molecular weight excluding hydrogens is 518 g/mol. The number of carbonyl (C=O) groups is 3. The first-order valence-electron chi connectivity index (χ1n) is 16.0. The van der Waals surface area contributed by atoms with Gasteiger partial charge in [-0.25, -0.2) is 0 Å². The van der Waals surface area contributed by atoms with Crippen molar-refractivity contribution in [1.29, 1.82) is 0 Å². The maximum absolute atomic E-state index is 14.5. The summed E-state index contributed by atoms with van der Waals surface area (Å²) in [6, 6.07) is 2.69. The van der Waals surface area contributed by atoms with E-state index in [0.717, 1.165) is 56.1 Å². The van der Waals surface area contributed by atoms with Crippen LogP contribution in [0.15, 0.2) is 12.1 Å². The minimum atomic E-state index is -0.703. The van der Waals surface area contributed by atoms with Crippen LogP contribution in [0.5, 0.6) is 11.5 Å². The highest BCUT2D eigenvalue weighted by molar-refractivity contribution is 5.93. The quantitative estimate of drug-likeness (QED) is 0.371. The standard InChI is InChI=1S/C33H51N3O5/c1-22-20-25(21-28(40-2)30(22)41-3)29(24-14-8-5-9-15-24)33(39)36-19-11-10-16-27(36)32(38)35-26(31(34)37)18-17-23-12-6-4-7-13-23/h20-21,23-24,26-27,29H,4-19H2,1-3H3,(H2,34,37)(H,35,38)/t26-,27-,29-/m0/s1. The van der Waals surface area contributed by atoms with Gasteiger partial charge >= 0.3 is 0 Å². The first-order valence-corrected chi connectivity index (χ1v) is 16.0. The maximum atomic E-state index is 14.5. The molecule has 8 heteroatoms. The number of aryl methyl sites for hydroxylation is 1. The molecule has 0 radical (unpaired) electrons. The van der Waals surface area contributed by atoms with Gasteiger partial charge in [0.1, 0.15) is 12.1 Å². The average Bonchev–Trinajstić information content (AvgIpc) is 2.99. The molecule has 4 rings (SSSR count). The molecule has 1 aromatic carbocycles. The lowest BCUT2D eigenvalue weighted by Crippen LogP contribution is -2.57. The first kappa shape index (κ1) is 31.2. The van der Waals surface area contributed by atoms with E-state index in [1.54, 1.807) is 19.1 Å². The molecule has 0 unspecified atom stereocenters. The summed E-state index contributed by atoms with van der Waals surface area (Å²) in [5.74, 6) is 0.977. The van der Waals surface area contributed by atoms with Crippen LogP contribution in [-0.2, 0) is 14.4 Å². The number of nitrogens with zero attached hydrogens (tertiary/aromatic N) is 1. The van der Waals surface area contributed by atoms with Crippen molar-refractivity contribution >= 4 is 17.7 Å². The van der Waals surface area contributed by atoms with Crippen LogP contribution < -0.4 is 20.5 Å². The molecule has 8 nitrogen and oxygen atoms in total. The van der Waals surface area contributed by atoms with E-state index in [4.69, 9.17) is 15.2 Å². The number of primary amides is 1. The third kappa shape index (κ3) is 7.75. The van der Waals surface area contributed by atoms with Gasteiger partial charge in [-0.1, -0.05) is 57.4 Å². The SMILES string of the molecule is COc1cc([C@@H](C(=O)N2CCCC[C@H]2C(=O)N[C@@H](CCC2CCCCC2)C(N)=O)C2CCCCC2)cc(C)c1OC. The Kier molecular flexibility index (Phi) is 11.3. The van der Waals surface area contributed by atoms with Gasteiger partial charge < -0.3 is 25.4 Å². The van der Waals surface area contributed by atoms with E-state index in [1.165, 1.54) is 38.5 Å². The van der Waals surface area contributed by atoms with E-state index in [2.05, 4.69) is 5.32 Å². The minimum Gasteiger partial charge on any atom is -0.493 e. The van der Waals surface area contributed by atoms with Crippen molar-refractivity contribution in [3.05, 3.63) is 23.3 Å². The molecule has 3 aliphatic rings. The van der Waals surface area contributed by atoms with Crippen molar-refractivity contribution < 1.29 is 23.9 Å². The first-order chi connectivity index (χ1) is 19.8. The number of nitrogens with two attached hydrogens (primary N) is 1. The Hall–Kier alpha value is -2.77. The number of hydrogen-bond acceptors (Lipinski definition) is 5. The Balaban J connectivity index is 1.55. The smallest absolute Gasteiger partial charge is 0.243 e. The number of piperidine rings is 1. The Morgan fingerprint density at radius 3 is 2.22 bits per heavy atom. The summed E-state index contributed by atoms with van der Waals surface area (Å²) in [6.07, 6.45) is 15.3. The Morgan fingerprint density at radius 2 is 1.59 bits per heavy atom. The highest BCUT2D eigenvalue weighted by Crippen LogP contribution is 2.42. The van der Waals surface area contributed by atoms with Gasteiger partial charge in [-0.2, -0.15) is 0 Å². The molecule has 228 valence electrons. The monoisotopic (exact) mass is 569 g/mol. The van der Waals surface area contributed by atoms with Gasteiger partial charge in [-0.3, -0.25) is 14.4 Å². The summed E-state index contributed by atoms with van der Waals surface area (Å²) in [6.45, 7) is 2.51. The number of ether oxygens (including phenoxy) is 2. The minimum absolute atomic E-state index is 0.00111. The molecule has 3 fully saturated rings. The van der Waals surface area contributed by atoms with Gasteiger partial charge in [0.05, 0.1) is 20.1 Å². The lowest BCUT2D eigenvalue weighted by Gasteiger charge is -2.40. The Bertz CT molecular complexity index is 1050. The molecule has 0 aromatic heterocycles. The number of nitrogens with one attached hydrogen (secondary N) is 1. The second-order valence-electron chi connectivity index (χ2n) is 12.5. The van der Waals surface area contributed by atoms with Crippen LogP contribution in [0.1, 0.15) is 113 Å². The second-order valence-corrected chi connectivity index (χ2v) is 12.5. The fourth-order valence-electron chi connectivity index (χ4n) is 7.52. The zero-order valence-electron chi connectivity index (χ0n) is 25.4. The van der Waals surface area contributed by atoms with E-state index in [9.17, 15) is 14.4 Å². The van der Waals surface area contributed by atoms with Crippen LogP contribution in [0.25, 0.3) is 0 Å². The highest BCUT2D eigenvalue weighted by Gasteiger charge is 2.40. The van der Waals surface area contributed by atoms with Crippen LogP contribution >= 0.6 is 0 Å². The van der Waals surface area contributed by atoms with Crippen molar-refractivity contribution in [2.45, 2.75) is 121 Å². The van der Waals surface area contributed by atoms with Crippen LogP contribution in [0, 0.1) is 18.8 Å². The van der Waals surface area contributed by atoms with Gasteiger partial charge in [0.15, 0.2) is 11.5 Å². The van der Waals surface area contributed by atoms with Crippen molar-refractivity contribution in [3.8, 4) is 11.5 Å². The predicted molar refractivity (Wildman–Crippen MR) is 160 cm³/mol. The van der Waals surface area contributed by atoms with E-state index < -0.39 is 18.0 Å². The highest BCUT2D eigenvalue weighted by atomic mass is 16.5. The fraction of sp³-hybridized carbons (Fsp3) is 0.727. The summed E-state index contributed by atoms with van der Waals surface area (Å²) in [7, 11) is 3.24. The fourth-order valence-corrected chi connectivity index (χ4v) is 7.52. The number of amides is 3. The number of hydrogen-bond donors (Lipinski definition) is 2. The second kappa shape index (κ2) is 14.9. The Labute approximate surface area is 246 Å². The van der Waals surface area contributed by atoms with E-state index >= 15 is 0 Å². The summed E-state index contributed by atoms with van der Waals surface area (Å²) in [5.41, 5.74) is 7.60. The molecule has 3 N–H and O–H groups in total. The molecule has 0 bridgehead atoms. The van der Waals surface area contributed by atoms with Crippen molar-refractivity contribution in [3.63, 3.8) is 0 Å². The molecule has 1 aromatic rings. The summed E-state index contributed by atoms with van der Waals surface area (Å²) in [4.78, 5) is 42.4. The lowest BCUT2D eigenvalue weighted by atomic mass is 9.75. The van der Waals surface area contributed by atoms with Crippen molar-refractivity contribution in [1.82, 2.24) is 10.2 Å². The maximum Gasteiger partial charge on any atom is 0.243 e. The number of carbonyl (C=O) groups excluding carboxylic acids is 3. The number of methoxy groups -OCH3 is 2. The van der Waals surface area contributed by atoms with E-state index in [1.807, 2.05) is 19.1 Å². The number of likely N-dealkylation sites (tertiary alicyclic amines) is 1. The molecular formula is C33H51N3O5. The summed E-state index contributed by atoms with van der Waals surface area (Å²) in [5, 5.41) is 2.97. The summed E-state index contributed by atoms with van der Waals surface area (Å²) >= 11 is 0. The number of benzene rings is 1. The van der Waals surface area contributed by atoms with Crippen LogP contribution in [-0.4, -0.2) is 55.5 Å². The summed E-state index contributed by atoms with van der Waals surface area (Å²) < 4.78 is 11.2. The Morgan fingerprint density at radius 1 is 0.927 bits per heavy atom. The molecule has 0 spiro atoms. The van der Waals surface area contributed by atoms with Crippen molar-refractivity contribution in [2.75, 3.05) is 20.8 Å². The largest absolute Gasteiger partial charge is 0.493 e. The molecule has 2 saturated carbocycles. The zero-order chi connectivity index (χ0) is 29.4. The van der Waals surface area contributed by atoms with Gasteiger partial charge in [0.2, 0.25) is 17.7 Å². The molecule has 1 heterocycles. The third-order valence-corrected chi connectivity index (χ3v) is 9.77. The van der Waals surface area contributed by atoms with E-state index in [-0.39, 0.29) is 23.7 Å². The normalized spacial score (nSPS) is 22.0. The topological polar surface area (TPSA) is 111 Å². The van der Waals surface area contributed by atoms with Crippen molar-refractivity contribution in [2.24, 2.45) is 17.6 Å². The van der Waals surface area contributed by atoms with Crippen LogP contribution in [0.3, 0.4) is 0 Å². The van der Waals surface area contributed by atoms with Gasteiger partial charge in [0.25, 0.3) is 0 Å². The van der Waals surface area contributed by atoms with Crippen LogP contribution in [0.2, 0.25) is 0 Å². The third-order valence-electron chi connectivity index (χ3n) is 9.77. The van der Waals surface area contributed by atoms with Crippen LogP contribution in [0.4, 0.5) is 0 Å². The molecule has 1 saturated heterocycles. The number of rotatable bonds is 11. The molecule has 1 aliphatic heterocycles. The lowest BCUT2D eigenvalue weighted by molar-refractivity contribution is -0.145. The molecule has 3 amide bonds.